The average molecular weight is 251 g/mol. The third-order valence-corrected chi connectivity index (χ3v) is 1.87. The quantitative estimate of drug-likeness (QED) is 0.199. The zero-order valence-electron chi connectivity index (χ0n) is 9.07. The second kappa shape index (κ2) is 5.43. The lowest BCUT2D eigenvalue weighted by Crippen LogP contribution is -2.16. The number of hydrogen-bond donors (Lipinski definition) is 2. The summed E-state index contributed by atoms with van der Waals surface area (Å²) in [7, 11) is 0. The highest BCUT2D eigenvalue weighted by Crippen LogP contribution is 2.17. The van der Waals surface area contributed by atoms with Crippen molar-refractivity contribution in [3.05, 3.63) is 52.3 Å². The summed E-state index contributed by atoms with van der Waals surface area (Å²) >= 11 is 0. The van der Waals surface area contributed by atoms with E-state index < -0.39 is 16.7 Å². The highest BCUT2D eigenvalue weighted by molar-refractivity contribution is 6.00. The number of benzene rings is 1. The molecule has 0 aliphatic carbocycles. The predicted octanol–water partition coefficient (Wildman–Crippen LogP) is 0.830. The molecule has 8 nitrogen and oxygen atoms in total. The number of nitrogens with two attached hydrogens (primary N) is 1. The van der Waals surface area contributed by atoms with E-state index >= 15 is 0 Å². The van der Waals surface area contributed by atoms with E-state index in [0.717, 1.165) is 0 Å². The van der Waals surface area contributed by atoms with Gasteiger partial charge in [0.2, 0.25) is 5.76 Å². The largest absolute Gasteiger partial charge is 0.475 e. The highest BCUT2D eigenvalue weighted by atomic mass is 16.6. The predicted molar refractivity (Wildman–Crippen MR) is 61.7 cm³/mol. The van der Waals surface area contributed by atoms with Gasteiger partial charge in [-0.3, -0.25) is 10.1 Å². The molecule has 8 heteroatoms. The average Bonchev–Trinajstić information content (AvgIpc) is 2.35. The molecule has 1 rings (SSSR count). The minimum atomic E-state index is -1.41. The lowest BCUT2D eigenvalue weighted by atomic mass is 10.1. The Morgan fingerprint density at radius 2 is 2.11 bits per heavy atom. The van der Waals surface area contributed by atoms with Gasteiger partial charge >= 0.3 is 5.97 Å². The van der Waals surface area contributed by atoms with Crippen LogP contribution in [-0.2, 0) is 9.63 Å². The van der Waals surface area contributed by atoms with Crippen LogP contribution < -0.4 is 5.73 Å². The molecule has 0 saturated carbocycles. The molecule has 0 heterocycles. The number of aliphatic carboxylic acids is 1. The van der Waals surface area contributed by atoms with Crippen LogP contribution in [0, 0.1) is 10.1 Å². The van der Waals surface area contributed by atoms with Crippen molar-refractivity contribution in [3.63, 3.8) is 0 Å². The van der Waals surface area contributed by atoms with Gasteiger partial charge < -0.3 is 15.7 Å². The number of amidine groups is 1. The van der Waals surface area contributed by atoms with Crippen LogP contribution in [0.2, 0.25) is 0 Å². The second-order valence-corrected chi connectivity index (χ2v) is 3.07. The molecule has 0 atom stereocenters. The first-order chi connectivity index (χ1) is 8.43. The lowest BCUT2D eigenvalue weighted by Gasteiger charge is -2.02. The van der Waals surface area contributed by atoms with Crippen molar-refractivity contribution in [3.8, 4) is 0 Å². The summed E-state index contributed by atoms with van der Waals surface area (Å²) in [6.45, 7) is 3.06. The fourth-order valence-corrected chi connectivity index (χ4v) is 1.04. The molecule has 3 N–H and O–H groups in total. The van der Waals surface area contributed by atoms with Gasteiger partial charge in [-0.25, -0.2) is 4.79 Å². The summed E-state index contributed by atoms with van der Waals surface area (Å²) in [6, 6.07) is 5.59. The number of oxime groups is 1. The van der Waals surface area contributed by atoms with E-state index in [1.807, 2.05) is 0 Å². The number of para-hydroxylation sites is 1. The van der Waals surface area contributed by atoms with Crippen molar-refractivity contribution >= 4 is 17.5 Å². The Morgan fingerprint density at radius 1 is 1.50 bits per heavy atom. The van der Waals surface area contributed by atoms with Gasteiger partial charge in [-0.15, -0.1) is 0 Å². The highest BCUT2D eigenvalue weighted by Gasteiger charge is 2.16. The number of nitro benzene ring substituents is 1. The summed E-state index contributed by atoms with van der Waals surface area (Å²) in [6.07, 6.45) is 0. The molecule has 1 aromatic rings. The third kappa shape index (κ3) is 3.04. The van der Waals surface area contributed by atoms with E-state index in [1.54, 1.807) is 0 Å². The first-order valence-electron chi connectivity index (χ1n) is 4.60. The van der Waals surface area contributed by atoms with Crippen molar-refractivity contribution in [2.45, 2.75) is 0 Å². The van der Waals surface area contributed by atoms with Crippen LogP contribution in [0.1, 0.15) is 5.56 Å². The van der Waals surface area contributed by atoms with E-state index in [0.29, 0.717) is 0 Å². The van der Waals surface area contributed by atoms with Crippen LogP contribution in [0.15, 0.2) is 41.8 Å². The molecule has 18 heavy (non-hydrogen) atoms. The van der Waals surface area contributed by atoms with E-state index in [4.69, 9.17) is 10.8 Å². The van der Waals surface area contributed by atoms with Gasteiger partial charge in [-0.2, -0.15) is 0 Å². The first kappa shape index (κ1) is 13.2. The molecular formula is C10H9N3O5. The Morgan fingerprint density at radius 3 is 2.67 bits per heavy atom. The lowest BCUT2D eigenvalue weighted by molar-refractivity contribution is -0.385. The number of rotatable bonds is 5. The summed E-state index contributed by atoms with van der Waals surface area (Å²) in [5, 5.41) is 22.4. The molecule has 0 fully saturated rings. The van der Waals surface area contributed by atoms with Gasteiger partial charge in [0.1, 0.15) is 0 Å². The summed E-state index contributed by atoms with van der Waals surface area (Å²) < 4.78 is 0. The van der Waals surface area contributed by atoms with Crippen LogP contribution in [0.25, 0.3) is 0 Å². The molecule has 0 aliphatic rings. The monoisotopic (exact) mass is 251 g/mol. The minimum absolute atomic E-state index is 0.0284. The van der Waals surface area contributed by atoms with Crippen molar-refractivity contribution in [1.82, 2.24) is 0 Å². The van der Waals surface area contributed by atoms with Gasteiger partial charge in [0.25, 0.3) is 5.69 Å². The van der Waals surface area contributed by atoms with Crippen molar-refractivity contribution in [2.24, 2.45) is 10.9 Å². The van der Waals surface area contributed by atoms with Gasteiger partial charge in [-0.05, 0) is 12.6 Å². The normalized spacial score (nSPS) is 10.8. The van der Waals surface area contributed by atoms with E-state index in [9.17, 15) is 14.9 Å². The standard InChI is InChI=1S/C10H9N3O5/c1-6(10(14)15)18-12-9(11)7-4-2-3-5-8(7)13(16)17/h2-5H,1H2,(H2,11,12)(H,14,15). The van der Waals surface area contributed by atoms with E-state index in [2.05, 4.69) is 16.6 Å². The van der Waals surface area contributed by atoms with Crippen LogP contribution in [0.3, 0.4) is 0 Å². The minimum Gasteiger partial charge on any atom is -0.475 e. The zero-order chi connectivity index (χ0) is 13.7. The summed E-state index contributed by atoms with van der Waals surface area (Å²) in [5.74, 6) is -2.37. The van der Waals surface area contributed by atoms with Crippen LogP contribution >= 0.6 is 0 Å². The molecule has 0 amide bonds. The Kier molecular flexibility index (Phi) is 3.98. The summed E-state index contributed by atoms with van der Waals surface area (Å²) in [5.41, 5.74) is 5.24. The molecule has 0 aromatic heterocycles. The van der Waals surface area contributed by atoms with Crippen molar-refractivity contribution in [2.75, 3.05) is 0 Å². The van der Waals surface area contributed by atoms with Crippen molar-refractivity contribution in [1.29, 1.82) is 0 Å². The van der Waals surface area contributed by atoms with Gasteiger partial charge in [0.15, 0.2) is 5.84 Å². The smallest absolute Gasteiger partial charge is 0.374 e. The van der Waals surface area contributed by atoms with Crippen molar-refractivity contribution < 1.29 is 19.7 Å². The van der Waals surface area contributed by atoms with E-state index in [-0.39, 0.29) is 17.1 Å². The Labute approximate surface area is 101 Å². The molecule has 1 aromatic carbocycles. The zero-order valence-corrected chi connectivity index (χ0v) is 9.07. The maximum atomic E-state index is 10.7. The first-order valence-corrected chi connectivity index (χ1v) is 4.60. The Hall–Kier alpha value is -2.90. The van der Waals surface area contributed by atoms with Crippen LogP contribution in [-0.4, -0.2) is 21.8 Å². The number of carboxylic acids is 1. The molecular weight excluding hydrogens is 242 g/mol. The van der Waals surface area contributed by atoms with Crippen LogP contribution in [0.5, 0.6) is 0 Å². The maximum Gasteiger partial charge on any atom is 0.374 e. The van der Waals surface area contributed by atoms with Crippen LogP contribution in [0.4, 0.5) is 5.69 Å². The molecule has 0 spiro atoms. The fraction of sp³-hybridized carbons (Fsp3) is 0. The molecule has 0 unspecified atom stereocenters. The topological polar surface area (TPSA) is 128 Å². The Bertz CT molecular complexity index is 538. The molecule has 0 saturated heterocycles. The van der Waals surface area contributed by atoms with Gasteiger partial charge in [0, 0.05) is 6.07 Å². The Balaban J connectivity index is 3.00. The van der Waals surface area contributed by atoms with Gasteiger partial charge in [-0.1, -0.05) is 17.3 Å². The molecule has 0 bridgehead atoms. The maximum absolute atomic E-state index is 10.7. The number of nitro groups is 1. The number of carbonyl (C=O) groups is 1. The molecule has 94 valence electrons. The third-order valence-electron chi connectivity index (χ3n) is 1.87. The van der Waals surface area contributed by atoms with Gasteiger partial charge in [0.05, 0.1) is 10.5 Å². The summed E-state index contributed by atoms with van der Waals surface area (Å²) in [4.78, 5) is 24.9. The number of carboxylic acid groups (broad SMARTS) is 1. The second-order valence-electron chi connectivity index (χ2n) is 3.07. The van der Waals surface area contributed by atoms with E-state index in [1.165, 1.54) is 24.3 Å². The molecule has 0 aliphatic heterocycles. The number of hydrogen-bond acceptors (Lipinski definition) is 5. The SMILES string of the molecule is C=C(O/N=C(\N)c1ccccc1[N+](=O)[O-])C(=O)O. The number of nitrogens with zero attached hydrogens (tertiary/aromatic N) is 2. The molecule has 0 radical (unpaired) electrons. The fourth-order valence-electron chi connectivity index (χ4n) is 1.04.